The van der Waals surface area contributed by atoms with Crippen LogP contribution in [0, 0.1) is 0 Å². The van der Waals surface area contributed by atoms with Gasteiger partial charge in [-0.15, -0.1) is 0 Å². The molecule has 0 amide bonds. The van der Waals surface area contributed by atoms with Gasteiger partial charge in [0.05, 0.1) is 19.6 Å². The normalized spacial score (nSPS) is 11.4. The number of aromatic nitrogens is 3. The molecule has 0 saturated carbocycles. The highest BCUT2D eigenvalue weighted by Gasteiger charge is 2.18. The Labute approximate surface area is 450 Å². The van der Waals surface area contributed by atoms with Gasteiger partial charge in [-0.25, -0.2) is 28.1 Å². The molecular formula is C57H105N3O9S3. The lowest BCUT2D eigenvalue weighted by atomic mass is 10.1. The molecule has 72 heavy (non-hydrogen) atoms. The van der Waals surface area contributed by atoms with Crippen LogP contribution in [0.1, 0.15) is 252 Å². The Hall–Kier alpha value is -2.13. The van der Waals surface area contributed by atoms with Crippen LogP contribution >= 0.6 is 35.3 Å². The van der Waals surface area contributed by atoms with E-state index in [-0.39, 0.29) is 58.7 Å². The molecule has 12 nitrogen and oxygen atoms in total. The number of rotatable bonds is 54. The van der Waals surface area contributed by atoms with E-state index >= 15 is 0 Å². The number of nitrogens with zero attached hydrogens (tertiary/aromatic N) is 3. The molecule has 0 spiro atoms. The molecular weight excluding hydrogens is 967 g/mol. The van der Waals surface area contributed by atoms with Crippen molar-refractivity contribution in [3.8, 4) is 0 Å². The van der Waals surface area contributed by atoms with E-state index in [1.165, 1.54) is 193 Å². The zero-order valence-corrected chi connectivity index (χ0v) is 48.6. The highest BCUT2D eigenvalue weighted by Crippen LogP contribution is 2.16. The standard InChI is InChI=1S/C57H105N3O9S3/c1-4-7-10-13-16-19-22-25-28-31-46-70-49-34-37-52(61)67-43-40-58-55(64)59(41-44-68-53(62)38-35-50-71-47-32-29-26-23-20-17-14-11-8-5-2)57(66)60(56(58)65)42-45-69-54(63)39-36-51-72-48-33-30-27-24-21-18-15-12-9-6-3/h4-51H2,1-3H3. The molecule has 0 bridgehead atoms. The molecule has 0 aliphatic carbocycles. The van der Waals surface area contributed by atoms with E-state index in [0.717, 1.165) is 48.2 Å². The van der Waals surface area contributed by atoms with Crippen molar-refractivity contribution >= 4 is 53.2 Å². The first kappa shape index (κ1) is 67.9. The third kappa shape index (κ3) is 39.3. The van der Waals surface area contributed by atoms with Crippen molar-refractivity contribution in [2.45, 2.75) is 272 Å². The molecule has 0 N–H and O–H groups in total. The highest BCUT2D eigenvalue weighted by atomic mass is 32.2. The number of hydrogen-bond donors (Lipinski definition) is 0. The molecule has 1 aromatic heterocycles. The fraction of sp³-hybridized carbons (Fsp3) is 0.895. The molecule has 420 valence electrons. The Balaban J connectivity index is 2.59. The van der Waals surface area contributed by atoms with E-state index in [4.69, 9.17) is 14.2 Å². The maximum atomic E-state index is 13.6. The van der Waals surface area contributed by atoms with Gasteiger partial charge in [0.15, 0.2) is 0 Å². The topological polar surface area (TPSA) is 145 Å². The Morgan fingerprint density at radius 1 is 0.306 bits per heavy atom. The SMILES string of the molecule is CCCCCCCCCCCCSCCCC(=O)OCCn1c(=O)n(CCOC(=O)CCCSCCCCCCCCCCCC)c(=O)n(CCOC(=O)CCCSCCCCCCCCCCCC)c1=O. The van der Waals surface area contributed by atoms with Gasteiger partial charge in [-0.1, -0.05) is 194 Å². The fourth-order valence-corrected chi connectivity index (χ4v) is 11.4. The zero-order chi connectivity index (χ0) is 52.4. The number of thioether (sulfide) groups is 3. The number of hydrogen-bond acceptors (Lipinski definition) is 12. The summed E-state index contributed by atoms with van der Waals surface area (Å²) in [6.45, 7) is 5.29. The van der Waals surface area contributed by atoms with Gasteiger partial charge in [0.2, 0.25) is 0 Å². The second-order valence-electron chi connectivity index (χ2n) is 19.7. The van der Waals surface area contributed by atoms with E-state index in [9.17, 15) is 28.8 Å². The monoisotopic (exact) mass is 1070 g/mol. The Kier molecular flexibility index (Phi) is 48.1. The molecule has 0 fully saturated rings. The lowest BCUT2D eigenvalue weighted by Gasteiger charge is -2.14. The molecule has 1 heterocycles. The van der Waals surface area contributed by atoms with Crippen molar-refractivity contribution < 1.29 is 28.6 Å². The van der Waals surface area contributed by atoms with Gasteiger partial charge in [0, 0.05) is 19.3 Å². The predicted octanol–water partition coefficient (Wildman–Crippen LogP) is 14.1. The van der Waals surface area contributed by atoms with Crippen molar-refractivity contribution in [2.24, 2.45) is 0 Å². The van der Waals surface area contributed by atoms with Gasteiger partial charge in [-0.05, 0) is 73.0 Å². The second-order valence-corrected chi connectivity index (χ2v) is 23.3. The maximum Gasteiger partial charge on any atom is 0.336 e. The molecule has 0 aliphatic heterocycles. The summed E-state index contributed by atoms with van der Waals surface area (Å²) in [5.41, 5.74) is -2.65. The zero-order valence-electron chi connectivity index (χ0n) is 46.2. The van der Waals surface area contributed by atoms with Crippen molar-refractivity contribution in [2.75, 3.05) is 54.3 Å². The average Bonchev–Trinajstić information content (AvgIpc) is 3.37. The highest BCUT2D eigenvalue weighted by molar-refractivity contribution is 7.99. The minimum atomic E-state index is -0.882. The Morgan fingerprint density at radius 3 is 0.722 bits per heavy atom. The quantitative estimate of drug-likeness (QED) is 0.0348. The molecule has 0 aliphatic rings. The molecule has 0 radical (unpaired) electrons. The third-order valence-electron chi connectivity index (χ3n) is 13.1. The first-order valence-electron chi connectivity index (χ1n) is 29.4. The summed E-state index contributed by atoms with van der Waals surface area (Å²) in [5, 5.41) is 0. The Morgan fingerprint density at radius 2 is 0.500 bits per heavy atom. The smallest absolute Gasteiger partial charge is 0.336 e. The number of carbonyl (C=O) groups excluding carboxylic acids is 3. The second kappa shape index (κ2) is 51.0. The molecule has 0 atom stereocenters. The van der Waals surface area contributed by atoms with Gasteiger partial charge in [-0.3, -0.25) is 14.4 Å². The lowest BCUT2D eigenvalue weighted by molar-refractivity contribution is -0.144. The summed E-state index contributed by atoms with van der Waals surface area (Å²) >= 11 is 5.54. The van der Waals surface area contributed by atoms with Crippen LogP contribution in [0.2, 0.25) is 0 Å². The van der Waals surface area contributed by atoms with Gasteiger partial charge in [0.25, 0.3) is 0 Å². The van der Waals surface area contributed by atoms with Crippen LogP contribution in [-0.2, 0) is 48.2 Å². The summed E-state index contributed by atoms with van der Waals surface area (Å²) in [6.07, 6.45) is 41.9. The van der Waals surface area contributed by atoms with Crippen LogP contribution in [0.4, 0.5) is 0 Å². The van der Waals surface area contributed by atoms with Crippen LogP contribution in [-0.4, -0.2) is 85.9 Å². The van der Waals surface area contributed by atoms with E-state index in [1.54, 1.807) is 0 Å². The van der Waals surface area contributed by atoms with Gasteiger partial charge >= 0.3 is 35.0 Å². The number of carbonyl (C=O) groups is 3. The van der Waals surface area contributed by atoms with Crippen molar-refractivity contribution in [1.29, 1.82) is 0 Å². The first-order chi connectivity index (χ1) is 35.3. The minimum absolute atomic E-state index is 0.226. The summed E-state index contributed by atoms with van der Waals surface area (Å²) in [7, 11) is 0. The lowest BCUT2D eigenvalue weighted by Crippen LogP contribution is -2.55. The minimum Gasteiger partial charge on any atom is -0.464 e. The summed E-state index contributed by atoms with van der Waals surface area (Å²) in [5.74, 6) is 4.55. The summed E-state index contributed by atoms with van der Waals surface area (Å²) < 4.78 is 18.8. The summed E-state index contributed by atoms with van der Waals surface area (Å²) in [6, 6.07) is 0. The average molecular weight is 1070 g/mol. The number of ether oxygens (including phenoxy) is 3. The number of unbranched alkanes of at least 4 members (excludes halogenated alkanes) is 27. The van der Waals surface area contributed by atoms with E-state index in [2.05, 4.69) is 20.8 Å². The third-order valence-corrected chi connectivity index (χ3v) is 16.5. The van der Waals surface area contributed by atoms with Gasteiger partial charge in [-0.2, -0.15) is 35.3 Å². The van der Waals surface area contributed by atoms with E-state index in [0.29, 0.717) is 19.3 Å². The van der Waals surface area contributed by atoms with Crippen LogP contribution in [0.5, 0.6) is 0 Å². The molecule has 0 unspecified atom stereocenters. The molecule has 0 saturated heterocycles. The van der Waals surface area contributed by atoms with Crippen molar-refractivity contribution in [3.05, 3.63) is 31.5 Å². The summed E-state index contributed by atoms with van der Waals surface area (Å²) in [4.78, 5) is 78.5. The Bertz CT molecular complexity index is 1420. The molecule has 1 aromatic rings. The van der Waals surface area contributed by atoms with Crippen LogP contribution in [0.25, 0.3) is 0 Å². The largest absolute Gasteiger partial charge is 0.464 e. The van der Waals surface area contributed by atoms with Gasteiger partial charge in [0.1, 0.15) is 19.8 Å². The van der Waals surface area contributed by atoms with Crippen molar-refractivity contribution in [1.82, 2.24) is 13.7 Å². The number of esters is 3. The van der Waals surface area contributed by atoms with Crippen LogP contribution in [0.3, 0.4) is 0 Å². The molecule has 15 heteroatoms. The fourth-order valence-electron chi connectivity index (χ4n) is 8.56. The van der Waals surface area contributed by atoms with E-state index < -0.39 is 35.0 Å². The first-order valence-corrected chi connectivity index (χ1v) is 32.9. The van der Waals surface area contributed by atoms with Crippen LogP contribution < -0.4 is 17.1 Å². The molecule has 0 aromatic carbocycles. The van der Waals surface area contributed by atoms with Crippen molar-refractivity contribution in [3.63, 3.8) is 0 Å². The maximum absolute atomic E-state index is 13.6. The van der Waals surface area contributed by atoms with Gasteiger partial charge < -0.3 is 14.2 Å². The van der Waals surface area contributed by atoms with Crippen LogP contribution in [0.15, 0.2) is 14.4 Å². The predicted molar refractivity (Wildman–Crippen MR) is 307 cm³/mol. The van der Waals surface area contributed by atoms with E-state index in [1.807, 2.05) is 35.3 Å². The molecule has 1 rings (SSSR count).